The summed E-state index contributed by atoms with van der Waals surface area (Å²) in [4.78, 5) is 0. The van der Waals surface area contributed by atoms with Gasteiger partial charge in [-0.2, -0.15) is 0 Å². The summed E-state index contributed by atoms with van der Waals surface area (Å²) in [5.74, 6) is 3.30. The molecule has 5 atom stereocenters. The Morgan fingerprint density at radius 3 is 2.39 bits per heavy atom. The van der Waals surface area contributed by atoms with Gasteiger partial charge < -0.3 is 0 Å². The predicted molar refractivity (Wildman–Crippen MR) is 120 cm³/mol. The normalized spacial score (nSPS) is 39.7. The van der Waals surface area contributed by atoms with Crippen molar-refractivity contribution >= 4 is 5.57 Å². The summed E-state index contributed by atoms with van der Waals surface area (Å²) in [7, 11) is 0. The van der Waals surface area contributed by atoms with Gasteiger partial charge in [0.1, 0.15) is 0 Å². The molecule has 0 heteroatoms. The molecule has 1 aromatic carbocycles. The van der Waals surface area contributed by atoms with E-state index in [1.54, 1.807) is 5.57 Å². The highest BCUT2D eigenvalue weighted by molar-refractivity contribution is 5.73. The largest absolute Gasteiger partial charge is 0.0845 e. The Labute approximate surface area is 172 Å². The Hall–Kier alpha value is -1.30. The standard InChI is InChI=1S/C28H38/c1-19(2)20-8-10-21(11-9-20)24-14-15-25-23-13-12-22-7-5-6-17-27(22,3)26(23)16-18-28(24,25)4/h8-12,14,19,23,25-26H,5-7,13,15-18H2,1-4H3. The van der Waals surface area contributed by atoms with E-state index >= 15 is 0 Å². The first-order chi connectivity index (χ1) is 13.4. The molecule has 5 rings (SSSR count). The molecule has 0 nitrogen and oxygen atoms in total. The van der Waals surface area contributed by atoms with Crippen molar-refractivity contribution in [1.82, 2.24) is 0 Å². The third kappa shape index (κ3) is 2.62. The third-order valence-corrected chi connectivity index (χ3v) is 9.49. The molecular formula is C28H38. The molecule has 28 heavy (non-hydrogen) atoms. The summed E-state index contributed by atoms with van der Waals surface area (Å²) in [6.07, 6.45) is 16.5. The smallest absolute Gasteiger partial charge is 0.00383 e. The van der Waals surface area contributed by atoms with Gasteiger partial charge in [-0.15, -0.1) is 0 Å². The van der Waals surface area contributed by atoms with E-state index in [-0.39, 0.29) is 0 Å². The molecule has 0 aliphatic heterocycles. The van der Waals surface area contributed by atoms with Gasteiger partial charge in [0.2, 0.25) is 0 Å². The zero-order valence-electron chi connectivity index (χ0n) is 18.4. The fourth-order valence-corrected chi connectivity index (χ4v) is 7.76. The molecule has 1 aromatic rings. The highest BCUT2D eigenvalue weighted by Crippen LogP contribution is 2.66. The first-order valence-corrected chi connectivity index (χ1v) is 11.9. The fourth-order valence-electron chi connectivity index (χ4n) is 7.76. The van der Waals surface area contributed by atoms with Crippen molar-refractivity contribution in [3.63, 3.8) is 0 Å². The molecule has 0 saturated heterocycles. The minimum absolute atomic E-state index is 0.386. The second kappa shape index (κ2) is 6.61. The molecule has 0 heterocycles. The van der Waals surface area contributed by atoms with Gasteiger partial charge in [-0.1, -0.05) is 76.1 Å². The van der Waals surface area contributed by atoms with Crippen LogP contribution in [0.25, 0.3) is 5.57 Å². The van der Waals surface area contributed by atoms with Crippen molar-refractivity contribution in [1.29, 1.82) is 0 Å². The molecule has 2 saturated carbocycles. The summed E-state index contributed by atoms with van der Waals surface area (Å²) >= 11 is 0. The van der Waals surface area contributed by atoms with Crippen LogP contribution in [0.4, 0.5) is 0 Å². The van der Waals surface area contributed by atoms with Crippen molar-refractivity contribution in [2.75, 3.05) is 0 Å². The predicted octanol–water partition coefficient (Wildman–Crippen LogP) is 8.16. The van der Waals surface area contributed by atoms with Gasteiger partial charge in [0.25, 0.3) is 0 Å². The van der Waals surface area contributed by atoms with E-state index in [4.69, 9.17) is 0 Å². The molecular weight excluding hydrogens is 336 g/mol. The van der Waals surface area contributed by atoms with Gasteiger partial charge >= 0.3 is 0 Å². The van der Waals surface area contributed by atoms with Crippen LogP contribution in [-0.2, 0) is 0 Å². The second-order valence-electron chi connectivity index (χ2n) is 11.1. The summed E-state index contributed by atoms with van der Waals surface area (Å²) in [5, 5.41) is 0. The van der Waals surface area contributed by atoms with Crippen LogP contribution in [0, 0.1) is 28.6 Å². The van der Waals surface area contributed by atoms with Crippen molar-refractivity contribution in [3.8, 4) is 0 Å². The van der Waals surface area contributed by atoms with E-state index < -0.39 is 0 Å². The van der Waals surface area contributed by atoms with Crippen LogP contribution >= 0.6 is 0 Å². The monoisotopic (exact) mass is 374 g/mol. The van der Waals surface area contributed by atoms with Gasteiger partial charge in [-0.05, 0) is 96.1 Å². The highest BCUT2D eigenvalue weighted by Gasteiger charge is 2.56. The third-order valence-electron chi connectivity index (χ3n) is 9.49. The minimum atomic E-state index is 0.386. The average molecular weight is 375 g/mol. The molecule has 0 N–H and O–H groups in total. The van der Waals surface area contributed by atoms with Gasteiger partial charge in [0, 0.05) is 0 Å². The number of hydrogen-bond donors (Lipinski definition) is 0. The summed E-state index contributed by atoms with van der Waals surface area (Å²) in [5.41, 5.74) is 7.35. The Morgan fingerprint density at radius 1 is 0.857 bits per heavy atom. The fraction of sp³-hybridized carbons (Fsp3) is 0.643. The molecule has 4 aliphatic carbocycles. The van der Waals surface area contributed by atoms with Crippen molar-refractivity contribution in [3.05, 3.63) is 53.1 Å². The lowest BCUT2D eigenvalue weighted by atomic mass is 9.47. The molecule has 0 aromatic heterocycles. The summed E-state index contributed by atoms with van der Waals surface area (Å²) in [6.45, 7) is 9.81. The van der Waals surface area contributed by atoms with Crippen molar-refractivity contribution in [2.45, 2.75) is 85.0 Å². The Kier molecular flexibility index (Phi) is 4.42. The topological polar surface area (TPSA) is 0 Å². The van der Waals surface area contributed by atoms with E-state index in [0.717, 1.165) is 17.8 Å². The maximum absolute atomic E-state index is 2.70. The number of hydrogen-bond acceptors (Lipinski definition) is 0. The Bertz CT molecular complexity index is 807. The molecule has 5 unspecified atom stereocenters. The first kappa shape index (κ1) is 18.7. The van der Waals surface area contributed by atoms with E-state index in [1.165, 1.54) is 62.5 Å². The molecule has 0 bridgehead atoms. The molecule has 0 amide bonds. The number of rotatable bonds is 2. The van der Waals surface area contributed by atoms with Crippen LogP contribution in [0.3, 0.4) is 0 Å². The maximum Gasteiger partial charge on any atom is -0.00383 e. The zero-order valence-corrected chi connectivity index (χ0v) is 18.4. The van der Waals surface area contributed by atoms with E-state index in [9.17, 15) is 0 Å². The summed E-state index contributed by atoms with van der Waals surface area (Å²) in [6, 6.07) is 9.54. The molecule has 4 aliphatic rings. The quantitative estimate of drug-likeness (QED) is 0.458. The van der Waals surface area contributed by atoms with E-state index in [1.807, 2.05) is 5.57 Å². The lowest BCUT2D eigenvalue weighted by molar-refractivity contribution is -0.00979. The number of benzene rings is 1. The van der Waals surface area contributed by atoms with Crippen LogP contribution in [0.2, 0.25) is 0 Å². The first-order valence-electron chi connectivity index (χ1n) is 11.9. The highest BCUT2D eigenvalue weighted by atomic mass is 14.6. The lowest BCUT2D eigenvalue weighted by Gasteiger charge is -2.57. The summed E-state index contributed by atoms with van der Waals surface area (Å²) < 4.78 is 0. The lowest BCUT2D eigenvalue weighted by Crippen LogP contribution is -2.48. The van der Waals surface area contributed by atoms with Crippen molar-refractivity contribution < 1.29 is 0 Å². The van der Waals surface area contributed by atoms with Crippen LogP contribution in [0.1, 0.15) is 96.1 Å². The Balaban J connectivity index is 1.44. The second-order valence-corrected chi connectivity index (χ2v) is 11.1. The van der Waals surface area contributed by atoms with Gasteiger partial charge in [-0.25, -0.2) is 0 Å². The molecule has 0 radical (unpaired) electrons. The maximum atomic E-state index is 2.70. The minimum Gasteiger partial charge on any atom is -0.0845 e. The number of allylic oxidation sites excluding steroid dienone is 4. The SMILES string of the molecule is CC(C)c1ccc(C2=CCC3C4CC=C5CCCCC5(C)C4CCC23C)cc1. The van der Waals surface area contributed by atoms with Crippen LogP contribution in [0.15, 0.2) is 42.0 Å². The number of fused-ring (bicyclic) bond motifs is 5. The van der Waals surface area contributed by atoms with E-state index in [0.29, 0.717) is 16.7 Å². The van der Waals surface area contributed by atoms with Crippen LogP contribution < -0.4 is 0 Å². The van der Waals surface area contributed by atoms with Crippen molar-refractivity contribution in [2.24, 2.45) is 28.6 Å². The molecule has 2 fully saturated rings. The van der Waals surface area contributed by atoms with Gasteiger partial charge in [-0.3, -0.25) is 0 Å². The molecule has 150 valence electrons. The average Bonchev–Trinajstić information content (AvgIpc) is 3.05. The van der Waals surface area contributed by atoms with Crippen LogP contribution in [0.5, 0.6) is 0 Å². The van der Waals surface area contributed by atoms with E-state index in [2.05, 4.69) is 64.1 Å². The van der Waals surface area contributed by atoms with Gasteiger partial charge in [0.15, 0.2) is 0 Å². The Morgan fingerprint density at radius 2 is 1.64 bits per heavy atom. The molecule has 0 spiro atoms. The van der Waals surface area contributed by atoms with Gasteiger partial charge in [0.05, 0.1) is 0 Å². The zero-order chi connectivity index (χ0) is 19.5. The van der Waals surface area contributed by atoms with Crippen LogP contribution in [-0.4, -0.2) is 0 Å².